The first-order chi connectivity index (χ1) is 11.7. The molecule has 4 nitrogen and oxygen atoms in total. The first-order valence-electron chi connectivity index (χ1n) is 8.40. The molecule has 0 unspecified atom stereocenters. The number of aliphatic hydroxyl groups excluding tert-OH is 1. The largest absolute Gasteiger partial charge is 0.489 e. The highest BCUT2D eigenvalue weighted by atomic mass is 32.1. The molecule has 1 amide bonds. The number of aliphatic hydroxyl groups is 1. The van der Waals surface area contributed by atoms with E-state index in [-0.39, 0.29) is 17.9 Å². The molecule has 24 heavy (non-hydrogen) atoms. The Morgan fingerprint density at radius 1 is 1.21 bits per heavy atom. The van der Waals surface area contributed by atoms with Gasteiger partial charge in [-0.05, 0) is 49.3 Å². The van der Waals surface area contributed by atoms with Gasteiger partial charge in [0.2, 0.25) is 5.91 Å². The molecule has 1 aromatic carbocycles. The first kappa shape index (κ1) is 17.0. The zero-order valence-electron chi connectivity index (χ0n) is 13.6. The maximum Gasteiger partial charge on any atom is 0.223 e. The lowest BCUT2D eigenvalue weighted by Crippen LogP contribution is -2.33. The second kappa shape index (κ2) is 8.31. The van der Waals surface area contributed by atoms with Gasteiger partial charge in [-0.25, -0.2) is 0 Å². The third-order valence-corrected chi connectivity index (χ3v) is 5.35. The van der Waals surface area contributed by atoms with E-state index in [1.807, 2.05) is 30.3 Å². The van der Waals surface area contributed by atoms with E-state index in [1.165, 1.54) is 0 Å². The summed E-state index contributed by atoms with van der Waals surface area (Å²) in [6.07, 6.45) is 2.82. The molecule has 128 valence electrons. The Labute approximate surface area is 146 Å². The summed E-state index contributed by atoms with van der Waals surface area (Å²) in [5.41, 5.74) is 1.12. The van der Waals surface area contributed by atoms with E-state index in [1.54, 1.807) is 11.3 Å². The van der Waals surface area contributed by atoms with E-state index in [9.17, 15) is 9.90 Å². The van der Waals surface area contributed by atoms with Gasteiger partial charge in [-0.3, -0.25) is 4.79 Å². The maximum absolute atomic E-state index is 12.2. The van der Waals surface area contributed by atoms with Gasteiger partial charge in [-0.15, -0.1) is 11.3 Å². The van der Waals surface area contributed by atoms with E-state index in [0.717, 1.165) is 41.9 Å². The van der Waals surface area contributed by atoms with Crippen LogP contribution in [0.15, 0.2) is 41.8 Å². The van der Waals surface area contributed by atoms with Crippen molar-refractivity contribution < 1.29 is 14.6 Å². The number of nitrogens with one attached hydrogen (secondary N) is 1. The highest BCUT2D eigenvalue weighted by Crippen LogP contribution is 2.24. The Morgan fingerprint density at radius 2 is 1.96 bits per heavy atom. The fraction of sp³-hybridized carbons (Fsp3) is 0.421. The molecule has 0 atom stereocenters. The number of carbonyl (C=O) groups excluding carboxylic acids is 1. The molecule has 0 aliphatic heterocycles. The lowest BCUT2D eigenvalue weighted by molar-refractivity contribution is -0.126. The van der Waals surface area contributed by atoms with Crippen molar-refractivity contribution in [3.05, 3.63) is 52.2 Å². The Hall–Kier alpha value is -1.85. The predicted molar refractivity (Wildman–Crippen MR) is 94.9 cm³/mol. The van der Waals surface area contributed by atoms with Crippen molar-refractivity contribution >= 4 is 17.2 Å². The van der Waals surface area contributed by atoms with E-state index in [4.69, 9.17) is 4.74 Å². The molecule has 1 fully saturated rings. The minimum atomic E-state index is -0.224. The Bertz CT molecular complexity index is 648. The highest BCUT2D eigenvalue weighted by Gasteiger charge is 2.24. The highest BCUT2D eigenvalue weighted by molar-refractivity contribution is 7.10. The van der Waals surface area contributed by atoms with Gasteiger partial charge in [0, 0.05) is 16.4 Å². The molecular formula is C19H23NO3S. The SMILES string of the molecule is O=C(NCc1cc(COc2ccccc2)cs1)C1CCC(O)CC1. The molecule has 2 aromatic rings. The number of rotatable bonds is 6. The van der Waals surface area contributed by atoms with Gasteiger partial charge in [0.1, 0.15) is 12.4 Å². The second-order valence-electron chi connectivity index (χ2n) is 6.25. The summed E-state index contributed by atoms with van der Waals surface area (Å²) in [6.45, 7) is 1.10. The van der Waals surface area contributed by atoms with Gasteiger partial charge >= 0.3 is 0 Å². The molecule has 0 saturated heterocycles. The average molecular weight is 345 g/mol. The number of carbonyl (C=O) groups is 1. The standard InChI is InChI=1S/C19H23NO3S/c21-16-8-6-15(7-9-16)19(22)20-11-18-10-14(13-24-18)12-23-17-4-2-1-3-5-17/h1-5,10,13,15-16,21H,6-9,11-12H2,(H,20,22). The molecule has 1 aromatic heterocycles. The van der Waals surface area contributed by atoms with Crippen LogP contribution in [0.3, 0.4) is 0 Å². The summed E-state index contributed by atoms with van der Waals surface area (Å²) in [5.74, 6) is 1.02. The number of ether oxygens (including phenoxy) is 1. The van der Waals surface area contributed by atoms with Gasteiger partial charge < -0.3 is 15.2 Å². The Morgan fingerprint density at radius 3 is 2.71 bits per heavy atom. The summed E-state index contributed by atoms with van der Waals surface area (Å²) in [7, 11) is 0. The van der Waals surface area contributed by atoms with Gasteiger partial charge in [0.05, 0.1) is 12.6 Å². The van der Waals surface area contributed by atoms with Crippen molar-refractivity contribution in [3.63, 3.8) is 0 Å². The fourth-order valence-electron chi connectivity index (χ4n) is 2.93. The van der Waals surface area contributed by atoms with Crippen LogP contribution in [-0.2, 0) is 17.9 Å². The summed E-state index contributed by atoms with van der Waals surface area (Å²) in [4.78, 5) is 13.3. The molecule has 0 spiro atoms. The van der Waals surface area contributed by atoms with Gasteiger partial charge in [0.15, 0.2) is 0 Å². The molecule has 5 heteroatoms. The van der Waals surface area contributed by atoms with Crippen LogP contribution in [0.2, 0.25) is 0 Å². The lowest BCUT2D eigenvalue weighted by Gasteiger charge is -2.24. The van der Waals surface area contributed by atoms with Gasteiger partial charge in [-0.1, -0.05) is 18.2 Å². The van der Waals surface area contributed by atoms with Crippen LogP contribution in [0.4, 0.5) is 0 Å². The monoisotopic (exact) mass is 345 g/mol. The van der Waals surface area contributed by atoms with Crippen LogP contribution in [0, 0.1) is 5.92 Å². The minimum Gasteiger partial charge on any atom is -0.489 e. The predicted octanol–water partition coefficient (Wildman–Crippen LogP) is 3.49. The summed E-state index contributed by atoms with van der Waals surface area (Å²) in [5, 5.41) is 14.6. The minimum absolute atomic E-state index is 0.0502. The smallest absolute Gasteiger partial charge is 0.223 e. The van der Waals surface area contributed by atoms with Crippen molar-refractivity contribution in [2.24, 2.45) is 5.92 Å². The molecule has 1 aliphatic rings. The first-order valence-corrected chi connectivity index (χ1v) is 9.28. The topological polar surface area (TPSA) is 58.6 Å². The second-order valence-corrected chi connectivity index (χ2v) is 7.24. The molecule has 1 heterocycles. The van der Waals surface area contributed by atoms with E-state index in [2.05, 4.69) is 16.8 Å². The van der Waals surface area contributed by atoms with Crippen molar-refractivity contribution in [3.8, 4) is 5.75 Å². The fourth-order valence-corrected chi connectivity index (χ4v) is 3.75. The van der Waals surface area contributed by atoms with Crippen molar-refractivity contribution in [1.82, 2.24) is 5.32 Å². The normalized spacial score (nSPS) is 20.5. The molecule has 0 bridgehead atoms. The van der Waals surface area contributed by atoms with E-state index < -0.39 is 0 Å². The van der Waals surface area contributed by atoms with Crippen molar-refractivity contribution in [1.29, 1.82) is 0 Å². The molecule has 1 aliphatic carbocycles. The average Bonchev–Trinajstić information content (AvgIpc) is 3.07. The van der Waals surface area contributed by atoms with Gasteiger partial charge in [-0.2, -0.15) is 0 Å². The van der Waals surface area contributed by atoms with Crippen molar-refractivity contribution in [2.45, 2.75) is 44.9 Å². The van der Waals surface area contributed by atoms with E-state index in [0.29, 0.717) is 13.2 Å². The molecular weight excluding hydrogens is 322 g/mol. The van der Waals surface area contributed by atoms with Crippen LogP contribution in [0.25, 0.3) is 0 Å². The number of amides is 1. The quantitative estimate of drug-likeness (QED) is 0.842. The number of hydrogen-bond donors (Lipinski definition) is 2. The third kappa shape index (κ3) is 4.82. The third-order valence-electron chi connectivity index (χ3n) is 4.36. The molecule has 2 N–H and O–H groups in total. The molecule has 1 saturated carbocycles. The van der Waals surface area contributed by atoms with Crippen LogP contribution in [-0.4, -0.2) is 17.1 Å². The summed E-state index contributed by atoms with van der Waals surface area (Å²) >= 11 is 1.64. The Balaban J connectivity index is 1.43. The van der Waals surface area contributed by atoms with Crippen LogP contribution < -0.4 is 10.1 Å². The summed E-state index contributed by atoms with van der Waals surface area (Å²) < 4.78 is 5.73. The van der Waals surface area contributed by atoms with E-state index >= 15 is 0 Å². The number of para-hydroxylation sites is 1. The van der Waals surface area contributed by atoms with Gasteiger partial charge in [0.25, 0.3) is 0 Å². The number of hydrogen-bond acceptors (Lipinski definition) is 4. The number of thiophene rings is 1. The van der Waals surface area contributed by atoms with Crippen molar-refractivity contribution in [2.75, 3.05) is 0 Å². The lowest BCUT2D eigenvalue weighted by atomic mass is 9.87. The zero-order chi connectivity index (χ0) is 16.8. The van der Waals surface area contributed by atoms with Crippen LogP contribution in [0.5, 0.6) is 5.75 Å². The van der Waals surface area contributed by atoms with Crippen LogP contribution in [0.1, 0.15) is 36.1 Å². The summed E-state index contributed by atoms with van der Waals surface area (Å²) in [6, 6.07) is 11.8. The maximum atomic E-state index is 12.2. The zero-order valence-corrected chi connectivity index (χ0v) is 14.4. The number of benzene rings is 1. The van der Waals surface area contributed by atoms with Crippen LogP contribution >= 0.6 is 11.3 Å². The Kier molecular flexibility index (Phi) is 5.88. The molecule has 3 rings (SSSR count). The molecule has 0 radical (unpaired) electrons.